The lowest BCUT2D eigenvalue weighted by molar-refractivity contribution is -0.162. The van der Waals surface area contributed by atoms with E-state index in [2.05, 4.69) is 47.8 Å². The predicted molar refractivity (Wildman–Crippen MR) is 186 cm³/mol. The van der Waals surface area contributed by atoms with Crippen molar-refractivity contribution >= 4 is 17.7 Å². The van der Waals surface area contributed by atoms with Gasteiger partial charge in [-0.25, -0.2) is 0 Å². The third-order valence-electron chi connectivity index (χ3n) is 11.1. The Morgan fingerprint density at radius 3 is 2.23 bits per heavy atom. The van der Waals surface area contributed by atoms with Gasteiger partial charge in [-0.2, -0.15) is 0 Å². The number of carbonyl (C=O) groups excluding carboxylic acids is 3. The number of carbonyl (C=O) groups is 3. The topological polar surface area (TPSA) is 90.4 Å². The number of aliphatic hydroxyl groups is 1. The van der Waals surface area contributed by atoms with E-state index in [1.807, 2.05) is 56.0 Å². The van der Waals surface area contributed by atoms with Crippen molar-refractivity contribution in [3.8, 4) is 0 Å². The third-order valence-corrected chi connectivity index (χ3v) is 11.1. The minimum Gasteiger partial charge on any atom is -0.394 e. The van der Waals surface area contributed by atoms with Gasteiger partial charge in [0.2, 0.25) is 17.7 Å². The van der Waals surface area contributed by atoms with Crippen LogP contribution in [0.1, 0.15) is 93.1 Å². The monoisotopic (exact) mass is 649 g/mol. The van der Waals surface area contributed by atoms with Gasteiger partial charge in [-0.1, -0.05) is 90.4 Å². The number of likely N-dealkylation sites (tertiary alicyclic amines) is 1. The van der Waals surface area contributed by atoms with Gasteiger partial charge in [0, 0.05) is 25.2 Å². The molecule has 3 amide bonds. The standard InChI is InChI=1S/C39H59N3O5/c1-11-22-40(24-28-18-16-15-17-19-28)33(44)30-31-34(45)42(29(25-43)27(5)13-3)32(39(31)21-20-38(30,14-4)47-39)35(46)41(23-12-2)37(9,10)26-36(6,7)8/h11-12,15-19,27,29-32,43H,1-2,13-14,20-26H2,3-10H3/t27-,29-,30-,31-,32?,38+,39?/m0/s1. The highest BCUT2D eigenvalue weighted by atomic mass is 16.5. The molecule has 3 saturated heterocycles. The van der Waals surface area contributed by atoms with Gasteiger partial charge in [-0.15, -0.1) is 13.2 Å². The van der Waals surface area contributed by atoms with Crippen molar-refractivity contribution in [2.24, 2.45) is 23.2 Å². The van der Waals surface area contributed by atoms with Crippen LogP contribution in [0.15, 0.2) is 55.6 Å². The lowest BCUT2D eigenvalue weighted by Crippen LogP contribution is -2.63. The normalized spacial score (nSPS) is 28.1. The molecule has 2 unspecified atom stereocenters. The molecule has 260 valence electrons. The highest BCUT2D eigenvalue weighted by Crippen LogP contribution is 2.65. The molecular formula is C39H59N3O5. The number of hydrogen-bond donors (Lipinski definition) is 1. The van der Waals surface area contributed by atoms with Crippen LogP contribution in [0.4, 0.5) is 0 Å². The Kier molecular flexibility index (Phi) is 10.9. The van der Waals surface area contributed by atoms with Crippen LogP contribution in [0.3, 0.4) is 0 Å². The van der Waals surface area contributed by atoms with E-state index >= 15 is 9.59 Å². The second-order valence-corrected chi connectivity index (χ2v) is 16.0. The van der Waals surface area contributed by atoms with E-state index in [1.54, 1.807) is 22.0 Å². The first-order valence-corrected chi connectivity index (χ1v) is 17.6. The maximum atomic E-state index is 15.2. The summed E-state index contributed by atoms with van der Waals surface area (Å²) in [6, 6.07) is 8.24. The zero-order valence-corrected chi connectivity index (χ0v) is 30.1. The molecule has 7 atom stereocenters. The summed E-state index contributed by atoms with van der Waals surface area (Å²) in [5.41, 5.74) is -1.71. The SMILES string of the molecule is C=CCN(Cc1ccccc1)C(=O)[C@@H]1[C@H]2C(=O)N([C@@H](CO)[C@@H](C)CC)C(C(=O)N(CC=C)C(C)(C)CC(C)(C)C)C23CC[C@@]1(CC)O3. The summed E-state index contributed by atoms with van der Waals surface area (Å²) in [7, 11) is 0. The molecule has 8 nitrogen and oxygen atoms in total. The average molecular weight is 650 g/mol. The molecule has 8 heteroatoms. The van der Waals surface area contributed by atoms with E-state index in [0.717, 1.165) is 12.0 Å². The summed E-state index contributed by atoms with van der Waals surface area (Å²) in [6.07, 6.45) is 6.51. The van der Waals surface area contributed by atoms with Gasteiger partial charge in [0.1, 0.15) is 11.6 Å². The van der Waals surface area contributed by atoms with Gasteiger partial charge in [0.05, 0.1) is 30.1 Å². The Balaban J connectivity index is 1.88. The maximum absolute atomic E-state index is 15.2. The van der Waals surface area contributed by atoms with Crippen molar-refractivity contribution in [2.45, 2.75) is 123 Å². The fourth-order valence-corrected chi connectivity index (χ4v) is 9.18. The van der Waals surface area contributed by atoms with Crippen LogP contribution >= 0.6 is 0 Å². The molecule has 3 fully saturated rings. The molecule has 1 aromatic carbocycles. The van der Waals surface area contributed by atoms with Crippen LogP contribution in [0.2, 0.25) is 0 Å². The minimum atomic E-state index is -1.19. The van der Waals surface area contributed by atoms with E-state index in [0.29, 0.717) is 45.3 Å². The summed E-state index contributed by atoms with van der Waals surface area (Å²) in [5.74, 6) is -2.29. The molecule has 0 aliphatic carbocycles. The summed E-state index contributed by atoms with van der Waals surface area (Å²) in [5, 5.41) is 10.8. The Labute approximate surface area is 283 Å². The van der Waals surface area contributed by atoms with Gasteiger partial charge < -0.3 is 24.5 Å². The summed E-state index contributed by atoms with van der Waals surface area (Å²) in [4.78, 5) is 50.3. The zero-order valence-electron chi connectivity index (χ0n) is 30.1. The van der Waals surface area contributed by atoms with Gasteiger partial charge in [-0.05, 0) is 56.4 Å². The van der Waals surface area contributed by atoms with Gasteiger partial charge in [-0.3, -0.25) is 14.4 Å². The zero-order chi connectivity index (χ0) is 34.9. The number of aliphatic hydroxyl groups excluding tert-OH is 1. The van der Waals surface area contributed by atoms with E-state index in [9.17, 15) is 9.90 Å². The number of fused-ring (bicyclic) bond motifs is 1. The van der Waals surface area contributed by atoms with Crippen molar-refractivity contribution in [1.29, 1.82) is 0 Å². The molecule has 3 heterocycles. The molecular weight excluding hydrogens is 590 g/mol. The molecule has 2 bridgehead atoms. The van der Waals surface area contributed by atoms with Crippen molar-refractivity contribution in [2.75, 3.05) is 19.7 Å². The van der Waals surface area contributed by atoms with Crippen LogP contribution in [0.25, 0.3) is 0 Å². The molecule has 1 N–H and O–H groups in total. The second kappa shape index (κ2) is 13.9. The van der Waals surface area contributed by atoms with Gasteiger partial charge in [0.15, 0.2) is 0 Å². The minimum absolute atomic E-state index is 0.0704. The molecule has 3 aliphatic rings. The summed E-state index contributed by atoms with van der Waals surface area (Å²) >= 11 is 0. The summed E-state index contributed by atoms with van der Waals surface area (Å²) in [6.45, 7) is 25.3. The van der Waals surface area contributed by atoms with E-state index in [-0.39, 0.29) is 35.7 Å². The maximum Gasteiger partial charge on any atom is 0.249 e. The first kappa shape index (κ1) is 36.9. The number of amides is 3. The summed E-state index contributed by atoms with van der Waals surface area (Å²) < 4.78 is 7.13. The Hall–Kier alpha value is -2.97. The van der Waals surface area contributed by atoms with Crippen molar-refractivity contribution in [3.05, 3.63) is 61.2 Å². The number of benzene rings is 1. The van der Waals surface area contributed by atoms with Crippen LogP contribution in [-0.2, 0) is 25.7 Å². The van der Waals surface area contributed by atoms with Crippen molar-refractivity contribution < 1.29 is 24.2 Å². The Morgan fingerprint density at radius 2 is 1.70 bits per heavy atom. The number of ether oxygens (including phenoxy) is 1. The first-order chi connectivity index (χ1) is 22.1. The fourth-order valence-electron chi connectivity index (χ4n) is 9.18. The largest absolute Gasteiger partial charge is 0.394 e. The molecule has 3 aliphatic heterocycles. The lowest BCUT2D eigenvalue weighted by atomic mass is 9.64. The van der Waals surface area contributed by atoms with Crippen LogP contribution in [-0.4, -0.2) is 86.0 Å². The van der Waals surface area contributed by atoms with Crippen LogP contribution in [0.5, 0.6) is 0 Å². The molecule has 0 saturated carbocycles. The smallest absolute Gasteiger partial charge is 0.249 e. The van der Waals surface area contributed by atoms with E-state index in [4.69, 9.17) is 4.74 Å². The fraction of sp³-hybridized carbons (Fsp3) is 0.667. The average Bonchev–Trinajstić information content (AvgIpc) is 3.62. The quantitative estimate of drug-likeness (QED) is 0.236. The predicted octanol–water partition coefficient (Wildman–Crippen LogP) is 5.99. The van der Waals surface area contributed by atoms with Gasteiger partial charge >= 0.3 is 0 Å². The number of hydrogen-bond acceptors (Lipinski definition) is 5. The van der Waals surface area contributed by atoms with E-state index < -0.39 is 40.7 Å². The highest BCUT2D eigenvalue weighted by Gasteiger charge is 2.79. The molecule has 1 aromatic rings. The Morgan fingerprint density at radius 1 is 1.06 bits per heavy atom. The molecule has 4 rings (SSSR count). The second-order valence-electron chi connectivity index (χ2n) is 16.0. The Bertz CT molecular complexity index is 1320. The van der Waals surface area contributed by atoms with Crippen molar-refractivity contribution in [1.82, 2.24) is 14.7 Å². The third kappa shape index (κ3) is 6.57. The number of nitrogens with zero attached hydrogens (tertiary/aromatic N) is 3. The number of rotatable bonds is 15. The lowest BCUT2D eigenvalue weighted by Gasteiger charge is -2.47. The highest BCUT2D eigenvalue weighted by molar-refractivity contribution is 5.99. The van der Waals surface area contributed by atoms with E-state index in [1.165, 1.54) is 0 Å². The molecule has 1 spiro atoms. The van der Waals surface area contributed by atoms with Crippen LogP contribution < -0.4 is 0 Å². The molecule has 0 aromatic heterocycles. The van der Waals surface area contributed by atoms with Crippen molar-refractivity contribution in [3.63, 3.8) is 0 Å². The first-order valence-electron chi connectivity index (χ1n) is 17.6. The molecule has 47 heavy (non-hydrogen) atoms. The van der Waals surface area contributed by atoms with Crippen LogP contribution in [0, 0.1) is 23.2 Å². The van der Waals surface area contributed by atoms with Gasteiger partial charge in [0.25, 0.3) is 0 Å². The molecule has 0 radical (unpaired) electrons.